The number of β-amino-alcohol motifs (C(OH)–C–C–N with tert-alkyl or cyclic N) is 1. The zero-order valence-corrected chi connectivity index (χ0v) is 22.9. The van der Waals surface area contributed by atoms with Crippen LogP contribution in [0.3, 0.4) is 0 Å². The van der Waals surface area contributed by atoms with E-state index in [-0.39, 0.29) is 17.4 Å². The molecule has 0 aromatic heterocycles. The number of nitrogens with one attached hydrogen (secondary N) is 1. The molecule has 1 atom stereocenters. The Morgan fingerprint density at radius 2 is 1.89 bits per heavy atom. The van der Waals surface area contributed by atoms with Gasteiger partial charge in [-0.15, -0.1) is 0 Å². The second-order valence-electron chi connectivity index (χ2n) is 9.63. The van der Waals surface area contributed by atoms with Crippen LogP contribution in [0.25, 0.3) is 0 Å². The summed E-state index contributed by atoms with van der Waals surface area (Å²) in [5.41, 5.74) is 2.40. The zero-order chi connectivity index (χ0) is 26.6. The van der Waals surface area contributed by atoms with E-state index < -0.39 is 16.1 Å². The summed E-state index contributed by atoms with van der Waals surface area (Å²) in [6.45, 7) is 10.5. The smallest absolute Gasteiger partial charge is 0.249 e. The topological polar surface area (TPSA) is 115 Å². The van der Waals surface area contributed by atoms with Crippen molar-refractivity contribution in [2.45, 2.75) is 51.0 Å². The summed E-state index contributed by atoms with van der Waals surface area (Å²) < 4.78 is 34.5. The molecule has 0 bridgehead atoms. The fourth-order valence-electron chi connectivity index (χ4n) is 5.15. The number of likely N-dealkylation sites (N-methyl/N-ethyl adjacent to an activating group) is 1. The molecule has 2 N–H and O–H groups in total. The molecule has 0 aliphatic carbocycles. The van der Waals surface area contributed by atoms with Crippen LogP contribution in [0.2, 0.25) is 0 Å². The van der Waals surface area contributed by atoms with Gasteiger partial charge in [0.1, 0.15) is 17.6 Å². The molecule has 1 aromatic carbocycles. The highest BCUT2D eigenvalue weighted by Crippen LogP contribution is 2.33. The lowest BCUT2D eigenvalue weighted by Crippen LogP contribution is -2.50. The summed E-state index contributed by atoms with van der Waals surface area (Å²) in [4.78, 5) is 22.5. The zero-order valence-electron chi connectivity index (χ0n) is 22.1. The molecule has 1 fully saturated rings. The third-order valence-corrected chi connectivity index (χ3v) is 9.01. The summed E-state index contributed by atoms with van der Waals surface area (Å²) in [6.07, 6.45) is 2.61. The fraction of sp³-hybridized carbons (Fsp3) is 0.615. The van der Waals surface area contributed by atoms with E-state index >= 15 is 0 Å². The lowest BCUT2D eigenvalue weighted by molar-refractivity contribution is -0.123. The van der Waals surface area contributed by atoms with Crippen molar-refractivity contribution in [1.82, 2.24) is 19.4 Å². The van der Waals surface area contributed by atoms with Crippen LogP contribution in [-0.2, 0) is 14.8 Å². The highest BCUT2D eigenvalue weighted by molar-refractivity contribution is 7.89. The van der Waals surface area contributed by atoms with Gasteiger partial charge in [0.05, 0.1) is 29.4 Å². The second-order valence-corrected chi connectivity index (χ2v) is 11.6. The molecule has 10 nitrogen and oxygen atoms in total. The van der Waals surface area contributed by atoms with Gasteiger partial charge >= 0.3 is 0 Å². The van der Waals surface area contributed by atoms with Gasteiger partial charge in [0.15, 0.2) is 0 Å². The molecule has 37 heavy (non-hydrogen) atoms. The quantitative estimate of drug-likeness (QED) is 0.442. The number of rotatable bonds is 11. The number of amidine groups is 1. The molecule has 1 aromatic rings. The highest BCUT2D eigenvalue weighted by atomic mass is 32.2. The molecule has 1 saturated heterocycles. The van der Waals surface area contributed by atoms with Crippen LogP contribution in [0.5, 0.6) is 5.75 Å². The molecule has 204 valence electrons. The van der Waals surface area contributed by atoms with Crippen LogP contribution < -0.4 is 10.1 Å². The van der Waals surface area contributed by atoms with Crippen molar-refractivity contribution in [3.05, 3.63) is 35.0 Å². The van der Waals surface area contributed by atoms with E-state index in [4.69, 9.17) is 9.73 Å². The Hall–Kier alpha value is -2.31. The number of nitrogens with zero attached hydrogens (tertiary/aromatic N) is 4. The monoisotopic (exact) mass is 533 g/mol. The first-order valence-electron chi connectivity index (χ1n) is 13.3. The van der Waals surface area contributed by atoms with Crippen LogP contribution in [-0.4, -0.2) is 104 Å². The average Bonchev–Trinajstić information content (AvgIpc) is 3.26. The first-order chi connectivity index (χ1) is 17.8. The number of amides is 1. The minimum Gasteiger partial charge on any atom is -0.493 e. The van der Waals surface area contributed by atoms with Gasteiger partial charge in [-0.25, -0.2) is 13.4 Å². The first kappa shape index (κ1) is 27.7. The standard InChI is InChI=1S/C26H39N5O5S/c1-4-7-19-18-30(6-3)24-23(19)27-25(28-26(24)33)21-17-20(8-9-22(21)36-16-5-2)37(34,35)31-12-10-29(11-13-31)14-15-32/h8-9,17,24,32H,4-7,10-16,18H2,1-3H3,(H,27,28,33)/t24-/m1/s1. The highest BCUT2D eigenvalue weighted by Gasteiger charge is 2.40. The number of hydrogen-bond acceptors (Lipinski definition) is 8. The van der Waals surface area contributed by atoms with Gasteiger partial charge in [-0.3, -0.25) is 14.6 Å². The Balaban J connectivity index is 1.71. The van der Waals surface area contributed by atoms with E-state index in [0.717, 1.165) is 37.1 Å². The van der Waals surface area contributed by atoms with Gasteiger partial charge in [-0.05, 0) is 43.2 Å². The molecule has 1 amide bonds. The minimum atomic E-state index is -3.76. The molecule has 0 spiro atoms. The molecule has 3 aliphatic rings. The van der Waals surface area contributed by atoms with Gasteiger partial charge in [0.2, 0.25) is 15.9 Å². The summed E-state index contributed by atoms with van der Waals surface area (Å²) in [5, 5.41) is 12.1. The maximum atomic E-state index is 13.6. The molecular formula is C26H39N5O5S. The summed E-state index contributed by atoms with van der Waals surface area (Å²) in [5.74, 6) is 0.676. The molecule has 3 heterocycles. The van der Waals surface area contributed by atoms with E-state index in [9.17, 15) is 18.3 Å². The van der Waals surface area contributed by atoms with Crippen molar-refractivity contribution in [3.8, 4) is 5.75 Å². The van der Waals surface area contributed by atoms with Crippen molar-refractivity contribution in [3.63, 3.8) is 0 Å². The summed E-state index contributed by atoms with van der Waals surface area (Å²) >= 11 is 0. The lowest BCUT2D eigenvalue weighted by Gasteiger charge is -2.33. The third kappa shape index (κ3) is 5.75. The number of sulfonamides is 1. The van der Waals surface area contributed by atoms with E-state index in [1.807, 2.05) is 18.7 Å². The number of piperazine rings is 1. The molecule has 0 radical (unpaired) electrons. The number of carbonyl (C=O) groups is 1. The fourth-order valence-corrected chi connectivity index (χ4v) is 6.60. The third-order valence-electron chi connectivity index (χ3n) is 7.11. The van der Waals surface area contributed by atoms with Crippen LogP contribution in [0, 0.1) is 0 Å². The predicted molar refractivity (Wildman–Crippen MR) is 142 cm³/mol. The molecule has 0 saturated carbocycles. The number of aliphatic hydroxyl groups is 1. The average molecular weight is 534 g/mol. The molecule has 11 heteroatoms. The van der Waals surface area contributed by atoms with Crippen molar-refractivity contribution in [2.75, 3.05) is 59.0 Å². The largest absolute Gasteiger partial charge is 0.493 e. The minimum absolute atomic E-state index is 0.0520. The van der Waals surface area contributed by atoms with Crippen LogP contribution in [0.4, 0.5) is 0 Å². The Morgan fingerprint density at radius 3 is 2.54 bits per heavy atom. The van der Waals surface area contributed by atoms with E-state index in [1.54, 1.807) is 18.2 Å². The number of ether oxygens (including phenoxy) is 1. The molecule has 4 rings (SSSR count). The Morgan fingerprint density at radius 1 is 1.14 bits per heavy atom. The Labute approximate surface area is 220 Å². The molecule has 0 unspecified atom stereocenters. The van der Waals surface area contributed by atoms with Crippen LogP contribution in [0.1, 0.15) is 45.6 Å². The van der Waals surface area contributed by atoms with Crippen molar-refractivity contribution in [1.29, 1.82) is 0 Å². The summed E-state index contributed by atoms with van der Waals surface area (Å²) in [7, 11) is -3.76. The molecular weight excluding hydrogens is 494 g/mol. The van der Waals surface area contributed by atoms with Gasteiger partial charge in [0, 0.05) is 39.3 Å². The van der Waals surface area contributed by atoms with E-state index in [1.165, 1.54) is 4.31 Å². The predicted octanol–water partition coefficient (Wildman–Crippen LogP) is 1.41. The van der Waals surface area contributed by atoms with Crippen LogP contribution in [0.15, 0.2) is 39.4 Å². The van der Waals surface area contributed by atoms with E-state index in [2.05, 4.69) is 17.1 Å². The van der Waals surface area contributed by atoms with Gasteiger partial charge in [-0.2, -0.15) is 4.31 Å². The number of carbonyl (C=O) groups excluding carboxylic acids is 1. The second kappa shape index (κ2) is 12.0. The SMILES string of the molecule is CCCOc1ccc(S(=O)(=O)N2CCN(CCO)CC2)cc1C1=NC2=C(CCC)CN(CC)[C@H]2C(=O)N1. The lowest BCUT2D eigenvalue weighted by atomic mass is 10.0. The molecule has 3 aliphatic heterocycles. The number of benzene rings is 1. The van der Waals surface area contributed by atoms with Gasteiger partial charge in [-0.1, -0.05) is 27.2 Å². The number of fused-ring (bicyclic) bond motifs is 1. The maximum Gasteiger partial charge on any atom is 0.249 e. The Bertz CT molecular complexity index is 1160. The Kier molecular flexibility index (Phi) is 9.02. The van der Waals surface area contributed by atoms with Gasteiger partial charge < -0.3 is 15.2 Å². The normalized spacial score (nSPS) is 21.7. The first-order valence-corrected chi connectivity index (χ1v) is 14.7. The van der Waals surface area contributed by atoms with Gasteiger partial charge in [0.25, 0.3) is 0 Å². The van der Waals surface area contributed by atoms with Crippen molar-refractivity contribution >= 4 is 21.8 Å². The number of hydrogen-bond donors (Lipinski definition) is 2. The maximum absolute atomic E-state index is 13.6. The van der Waals surface area contributed by atoms with Crippen molar-refractivity contribution in [2.24, 2.45) is 4.99 Å². The van der Waals surface area contributed by atoms with Crippen LogP contribution >= 0.6 is 0 Å². The van der Waals surface area contributed by atoms with E-state index in [0.29, 0.717) is 63.0 Å². The summed E-state index contributed by atoms with van der Waals surface area (Å²) in [6, 6.07) is 4.38. The number of aliphatic hydroxyl groups excluding tert-OH is 1. The van der Waals surface area contributed by atoms with Crippen molar-refractivity contribution < 1.29 is 23.1 Å². The number of aliphatic imine (C=N–C) groups is 1.